The highest BCUT2D eigenvalue weighted by Gasteiger charge is 2.12. The Kier molecular flexibility index (Phi) is 2.87. The molecule has 5 heteroatoms. The van der Waals surface area contributed by atoms with Crippen LogP contribution in [-0.2, 0) is 4.74 Å². The molecule has 3 rings (SSSR count). The highest BCUT2D eigenvalue weighted by Crippen LogP contribution is 2.21. The molecule has 19 heavy (non-hydrogen) atoms. The Morgan fingerprint density at radius 1 is 1.37 bits per heavy atom. The third-order valence-corrected chi connectivity index (χ3v) is 3.12. The Bertz CT molecular complexity index is 780. The summed E-state index contributed by atoms with van der Waals surface area (Å²) < 4.78 is 6.79. The molecule has 0 spiro atoms. The SMILES string of the molecule is CCOC(=O)c1cn2c(ccc3ccc(Cl)cc32)n1. The zero-order valence-electron chi connectivity index (χ0n) is 10.3. The van der Waals surface area contributed by atoms with Gasteiger partial charge >= 0.3 is 5.97 Å². The number of hydrogen-bond donors (Lipinski definition) is 0. The number of benzene rings is 1. The van der Waals surface area contributed by atoms with Gasteiger partial charge in [-0.3, -0.25) is 4.40 Å². The molecule has 0 atom stereocenters. The van der Waals surface area contributed by atoms with Gasteiger partial charge in [0.2, 0.25) is 0 Å². The minimum atomic E-state index is -0.415. The smallest absolute Gasteiger partial charge is 0.358 e. The summed E-state index contributed by atoms with van der Waals surface area (Å²) in [5, 5.41) is 1.68. The van der Waals surface area contributed by atoms with Gasteiger partial charge in [-0.25, -0.2) is 9.78 Å². The lowest BCUT2D eigenvalue weighted by molar-refractivity contribution is 0.0520. The molecule has 0 saturated heterocycles. The van der Waals surface area contributed by atoms with E-state index in [2.05, 4.69) is 4.98 Å². The lowest BCUT2D eigenvalue weighted by Gasteiger charge is -2.01. The van der Waals surface area contributed by atoms with Crippen LogP contribution in [0.1, 0.15) is 17.4 Å². The molecule has 3 aromatic rings. The summed E-state index contributed by atoms with van der Waals surface area (Å²) in [6, 6.07) is 9.42. The Hall–Kier alpha value is -2.07. The number of aromatic nitrogens is 2. The topological polar surface area (TPSA) is 43.6 Å². The Labute approximate surface area is 114 Å². The van der Waals surface area contributed by atoms with Gasteiger partial charge in [-0.2, -0.15) is 0 Å². The quantitative estimate of drug-likeness (QED) is 0.673. The molecule has 0 bridgehead atoms. The van der Waals surface area contributed by atoms with E-state index in [1.165, 1.54) is 0 Å². The van der Waals surface area contributed by atoms with Crippen LogP contribution in [0.15, 0.2) is 36.5 Å². The predicted octanol–water partition coefficient (Wildman–Crippen LogP) is 3.32. The van der Waals surface area contributed by atoms with Crippen LogP contribution in [0.2, 0.25) is 5.02 Å². The number of rotatable bonds is 2. The van der Waals surface area contributed by atoms with Crippen molar-refractivity contribution in [2.75, 3.05) is 6.61 Å². The number of ether oxygens (including phenoxy) is 1. The molecule has 96 valence electrons. The van der Waals surface area contributed by atoms with E-state index in [4.69, 9.17) is 16.3 Å². The average Bonchev–Trinajstić information content (AvgIpc) is 2.83. The molecule has 1 aromatic carbocycles. The van der Waals surface area contributed by atoms with Gasteiger partial charge in [-0.15, -0.1) is 0 Å². The first-order valence-corrected chi connectivity index (χ1v) is 6.31. The maximum absolute atomic E-state index is 11.7. The number of hydrogen-bond acceptors (Lipinski definition) is 3. The van der Waals surface area contributed by atoms with Gasteiger partial charge in [0.05, 0.1) is 12.1 Å². The van der Waals surface area contributed by atoms with Crippen molar-refractivity contribution in [3.63, 3.8) is 0 Å². The Balaban J connectivity index is 2.24. The number of carbonyl (C=O) groups is 1. The van der Waals surface area contributed by atoms with Gasteiger partial charge in [0, 0.05) is 11.2 Å². The molecule has 0 radical (unpaired) electrons. The van der Waals surface area contributed by atoms with Crippen molar-refractivity contribution < 1.29 is 9.53 Å². The lowest BCUT2D eigenvalue weighted by atomic mass is 10.2. The fourth-order valence-corrected chi connectivity index (χ4v) is 2.21. The van der Waals surface area contributed by atoms with E-state index in [9.17, 15) is 4.79 Å². The molecule has 0 unspecified atom stereocenters. The molecule has 0 aliphatic heterocycles. The second kappa shape index (κ2) is 4.55. The summed E-state index contributed by atoms with van der Waals surface area (Å²) in [5.41, 5.74) is 1.90. The minimum absolute atomic E-state index is 0.300. The van der Waals surface area contributed by atoms with E-state index in [-0.39, 0.29) is 0 Å². The van der Waals surface area contributed by atoms with Crippen LogP contribution in [0.3, 0.4) is 0 Å². The molecule has 2 heterocycles. The van der Waals surface area contributed by atoms with Crippen LogP contribution in [0, 0.1) is 0 Å². The molecule has 2 aromatic heterocycles. The first-order chi connectivity index (χ1) is 9.19. The van der Waals surface area contributed by atoms with Crippen LogP contribution in [-0.4, -0.2) is 22.0 Å². The van der Waals surface area contributed by atoms with Crippen molar-refractivity contribution in [1.29, 1.82) is 0 Å². The minimum Gasteiger partial charge on any atom is -0.461 e. The van der Waals surface area contributed by atoms with E-state index in [0.29, 0.717) is 23.0 Å². The number of nitrogens with zero attached hydrogens (tertiary/aromatic N) is 2. The highest BCUT2D eigenvalue weighted by molar-refractivity contribution is 6.31. The Morgan fingerprint density at radius 3 is 2.95 bits per heavy atom. The average molecular weight is 275 g/mol. The van der Waals surface area contributed by atoms with E-state index in [0.717, 1.165) is 10.9 Å². The first kappa shape index (κ1) is 12.0. The molecule has 0 fully saturated rings. The van der Waals surface area contributed by atoms with Gasteiger partial charge in [0.1, 0.15) is 5.65 Å². The van der Waals surface area contributed by atoms with Crippen molar-refractivity contribution >= 4 is 34.1 Å². The molecular formula is C14H11ClN2O2. The number of fused-ring (bicyclic) bond motifs is 3. The van der Waals surface area contributed by atoms with E-state index < -0.39 is 5.97 Å². The van der Waals surface area contributed by atoms with Gasteiger partial charge in [-0.05, 0) is 36.6 Å². The maximum atomic E-state index is 11.7. The number of pyridine rings is 1. The monoisotopic (exact) mass is 274 g/mol. The summed E-state index contributed by atoms with van der Waals surface area (Å²) in [6.07, 6.45) is 1.67. The third-order valence-electron chi connectivity index (χ3n) is 2.88. The largest absolute Gasteiger partial charge is 0.461 e. The van der Waals surface area contributed by atoms with Crippen LogP contribution in [0.25, 0.3) is 16.6 Å². The molecule has 4 nitrogen and oxygen atoms in total. The van der Waals surface area contributed by atoms with E-state index in [1.54, 1.807) is 13.1 Å². The molecular weight excluding hydrogens is 264 g/mol. The standard InChI is InChI=1S/C14H11ClN2O2/c1-2-19-14(18)11-8-17-12-7-10(15)5-3-9(12)4-6-13(17)16-11/h3-8H,2H2,1H3. The molecule has 0 saturated carbocycles. The van der Waals surface area contributed by atoms with Crippen LogP contribution >= 0.6 is 11.6 Å². The number of imidazole rings is 1. The molecule has 0 aliphatic carbocycles. The fourth-order valence-electron chi connectivity index (χ4n) is 2.04. The van der Waals surface area contributed by atoms with Crippen LogP contribution in [0.4, 0.5) is 0 Å². The lowest BCUT2D eigenvalue weighted by Crippen LogP contribution is -2.04. The van der Waals surface area contributed by atoms with Crippen molar-refractivity contribution in [1.82, 2.24) is 9.38 Å². The van der Waals surface area contributed by atoms with Gasteiger partial charge in [0.15, 0.2) is 5.69 Å². The summed E-state index contributed by atoms with van der Waals surface area (Å²) >= 11 is 6.01. The zero-order valence-corrected chi connectivity index (χ0v) is 11.0. The van der Waals surface area contributed by atoms with Gasteiger partial charge in [0.25, 0.3) is 0 Å². The summed E-state index contributed by atoms with van der Waals surface area (Å²) in [7, 11) is 0. The van der Waals surface area contributed by atoms with Crippen molar-refractivity contribution in [3.05, 3.63) is 47.2 Å². The maximum Gasteiger partial charge on any atom is 0.358 e. The summed E-state index contributed by atoms with van der Waals surface area (Å²) in [4.78, 5) is 15.9. The van der Waals surface area contributed by atoms with Crippen molar-refractivity contribution in [2.24, 2.45) is 0 Å². The van der Waals surface area contributed by atoms with Crippen molar-refractivity contribution in [2.45, 2.75) is 6.92 Å². The van der Waals surface area contributed by atoms with Crippen LogP contribution < -0.4 is 0 Å². The molecule has 0 amide bonds. The molecule has 0 N–H and O–H groups in total. The Morgan fingerprint density at radius 2 is 2.16 bits per heavy atom. The fraction of sp³-hybridized carbons (Fsp3) is 0.143. The van der Waals surface area contributed by atoms with E-state index in [1.807, 2.05) is 34.7 Å². The third kappa shape index (κ3) is 2.04. The first-order valence-electron chi connectivity index (χ1n) is 5.93. The predicted molar refractivity (Wildman–Crippen MR) is 73.7 cm³/mol. The van der Waals surface area contributed by atoms with Gasteiger partial charge < -0.3 is 4.74 Å². The van der Waals surface area contributed by atoms with Crippen molar-refractivity contribution in [3.8, 4) is 0 Å². The summed E-state index contributed by atoms with van der Waals surface area (Å²) in [5.74, 6) is -0.415. The van der Waals surface area contributed by atoms with Crippen LogP contribution in [0.5, 0.6) is 0 Å². The second-order valence-corrected chi connectivity index (χ2v) is 4.55. The zero-order chi connectivity index (χ0) is 13.4. The normalized spacial score (nSPS) is 11.1. The summed E-state index contributed by atoms with van der Waals surface area (Å²) in [6.45, 7) is 2.10. The second-order valence-electron chi connectivity index (χ2n) is 4.11. The number of halogens is 1. The highest BCUT2D eigenvalue weighted by atomic mass is 35.5. The number of esters is 1. The molecule has 0 aliphatic rings. The number of carbonyl (C=O) groups excluding carboxylic acids is 1. The van der Waals surface area contributed by atoms with E-state index >= 15 is 0 Å². The van der Waals surface area contributed by atoms with Gasteiger partial charge in [-0.1, -0.05) is 17.7 Å².